The van der Waals surface area contributed by atoms with Crippen molar-refractivity contribution in [3.63, 3.8) is 0 Å². The third-order valence-electron chi connectivity index (χ3n) is 5.99. The summed E-state index contributed by atoms with van der Waals surface area (Å²) in [4.78, 5) is 11.6. The molecule has 25 heavy (non-hydrogen) atoms. The van der Waals surface area contributed by atoms with E-state index in [1.807, 2.05) is 12.1 Å². The summed E-state index contributed by atoms with van der Waals surface area (Å²) >= 11 is 0. The third-order valence-corrected chi connectivity index (χ3v) is 5.99. The van der Waals surface area contributed by atoms with E-state index in [1.165, 1.54) is 38.5 Å². The first-order valence-electron chi connectivity index (χ1n) is 9.08. The topological polar surface area (TPSA) is 73.5 Å². The summed E-state index contributed by atoms with van der Waals surface area (Å²) in [6.07, 6.45) is 8.03. The first-order valence-corrected chi connectivity index (χ1v) is 9.08. The molecule has 2 N–H and O–H groups in total. The SMILES string of the molecule is COc1cc2nc(N3CCC4(CCCC4)CC3)nc(N)c2cc1OC. The van der Waals surface area contributed by atoms with Gasteiger partial charge in [-0.05, 0) is 37.2 Å². The highest BCUT2D eigenvalue weighted by Gasteiger charge is 2.37. The third kappa shape index (κ3) is 2.83. The second kappa shape index (κ2) is 6.24. The molecule has 4 rings (SSSR count). The molecule has 6 nitrogen and oxygen atoms in total. The minimum atomic E-state index is 0.488. The summed E-state index contributed by atoms with van der Waals surface area (Å²) < 4.78 is 10.7. The van der Waals surface area contributed by atoms with Crippen molar-refractivity contribution in [3.05, 3.63) is 12.1 Å². The lowest BCUT2D eigenvalue weighted by Gasteiger charge is -2.39. The number of fused-ring (bicyclic) bond motifs is 1. The van der Waals surface area contributed by atoms with Crippen LogP contribution in [0.2, 0.25) is 0 Å². The Hall–Kier alpha value is -2.24. The van der Waals surface area contributed by atoms with Crippen LogP contribution in [0.25, 0.3) is 10.9 Å². The lowest BCUT2D eigenvalue weighted by Crippen LogP contribution is -2.39. The maximum atomic E-state index is 6.22. The van der Waals surface area contributed by atoms with E-state index in [4.69, 9.17) is 20.2 Å². The molecule has 2 fully saturated rings. The van der Waals surface area contributed by atoms with Crippen LogP contribution in [0.5, 0.6) is 11.5 Å². The minimum absolute atomic E-state index is 0.488. The van der Waals surface area contributed by atoms with E-state index in [1.54, 1.807) is 14.2 Å². The molecule has 0 amide bonds. The molecule has 2 heterocycles. The monoisotopic (exact) mass is 342 g/mol. The van der Waals surface area contributed by atoms with E-state index in [2.05, 4.69) is 9.88 Å². The Labute approximate surface area is 148 Å². The second-order valence-electron chi connectivity index (χ2n) is 7.33. The fourth-order valence-corrected chi connectivity index (χ4v) is 4.41. The highest BCUT2D eigenvalue weighted by molar-refractivity contribution is 5.91. The van der Waals surface area contributed by atoms with Gasteiger partial charge in [0.25, 0.3) is 0 Å². The average Bonchev–Trinajstić information content (AvgIpc) is 3.09. The molecule has 2 aromatic rings. The van der Waals surface area contributed by atoms with Crippen LogP contribution in [0.3, 0.4) is 0 Å². The molecule has 6 heteroatoms. The summed E-state index contributed by atoms with van der Waals surface area (Å²) in [5, 5.41) is 0.797. The van der Waals surface area contributed by atoms with Gasteiger partial charge >= 0.3 is 0 Å². The Kier molecular flexibility index (Phi) is 4.06. The van der Waals surface area contributed by atoms with Crippen LogP contribution in [0.15, 0.2) is 12.1 Å². The van der Waals surface area contributed by atoms with Gasteiger partial charge < -0.3 is 20.1 Å². The van der Waals surface area contributed by atoms with Crippen molar-refractivity contribution in [2.45, 2.75) is 38.5 Å². The van der Waals surface area contributed by atoms with Gasteiger partial charge in [-0.25, -0.2) is 4.98 Å². The van der Waals surface area contributed by atoms with E-state index in [0.29, 0.717) is 22.7 Å². The Morgan fingerprint density at radius 3 is 2.24 bits per heavy atom. The normalized spacial score (nSPS) is 19.5. The molecule has 1 saturated carbocycles. The smallest absolute Gasteiger partial charge is 0.227 e. The second-order valence-corrected chi connectivity index (χ2v) is 7.33. The number of piperidine rings is 1. The van der Waals surface area contributed by atoms with Crippen molar-refractivity contribution in [1.29, 1.82) is 0 Å². The Balaban J connectivity index is 1.64. The number of nitrogens with zero attached hydrogens (tertiary/aromatic N) is 3. The van der Waals surface area contributed by atoms with Crippen molar-refractivity contribution in [1.82, 2.24) is 9.97 Å². The number of nitrogens with two attached hydrogens (primary N) is 1. The lowest BCUT2D eigenvalue weighted by molar-refractivity contribution is 0.225. The van der Waals surface area contributed by atoms with Crippen LogP contribution in [-0.4, -0.2) is 37.3 Å². The van der Waals surface area contributed by atoms with E-state index < -0.39 is 0 Å². The quantitative estimate of drug-likeness (QED) is 0.922. The zero-order valence-corrected chi connectivity index (χ0v) is 15.0. The van der Waals surface area contributed by atoms with Gasteiger partial charge in [0, 0.05) is 24.5 Å². The van der Waals surface area contributed by atoms with Gasteiger partial charge in [0.2, 0.25) is 5.95 Å². The van der Waals surface area contributed by atoms with Gasteiger partial charge in [-0.1, -0.05) is 12.8 Å². The fourth-order valence-electron chi connectivity index (χ4n) is 4.41. The molecule has 134 valence electrons. The molecule has 1 aliphatic carbocycles. The fraction of sp³-hybridized carbons (Fsp3) is 0.579. The highest BCUT2D eigenvalue weighted by Crippen LogP contribution is 2.46. The number of hydrogen-bond acceptors (Lipinski definition) is 6. The molecular formula is C19H26N4O2. The standard InChI is InChI=1S/C19H26N4O2/c1-24-15-11-13-14(12-16(15)25-2)21-18(22-17(13)20)23-9-7-19(8-10-23)5-3-4-6-19/h11-12H,3-10H2,1-2H3,(H2,20,21,22). The molecule has 0 unspecified atom stereocenters. The molecule has 0 radical (unpaired) electrons. The van der Waals surface area contributed by atoms with Crippen LogP contribution >= 0.6 is 0 Å². The lowest BCUT2D eigenvalue weighted by atomic mass is 9.77. The number of methoxy groups -OCH3 is 2. The summed E-state index contributed by atoms with van der Waals surface area (Å²) in [6, 6.07) is 3.72. The van der Waals surface area contributed by atoms with Crippen molar-refractivity contribution >= 4 is 22.7 Å². The van der Waals surface area contributed by atoms with Crippen LogP contribution in [0.1, 0.15) is 38.5 Å². The largest absolute Gasteiger partial charge is 0.493 e. The van der Waals surface area contributed by atoms with E-state index in [0.717, 1.165) is 29.9 Å². The van der Waals surface area contributed by atoms with Crippen molar-refractivity contribution in [2.24, 2.45) is 5.41 Å². The van der Waals surface area contributed by atoms with Gasteiger partial charge in [0.15, 0.2) is 11.5 Å². The number of nitrogen functional groups attached to an aromatic ring is 1. The first kappa shape index (κ1) is 16.2. The van der Waals surface area contributed by atoms with Crippen molar-refractivity contribution in [3.8, 4) is 11.5 Å². The number of ether oxygens (including phenoxy) is 2. The molecule has 1 aromatic carbocycles. The summed E-state index contributed by atoms with van der Waals surface area (Å²) in [6.45, 7) is 2.02. The Morgan fingerprint density at radius 2 is 1.60 bits per heavy atom. The first-order chi connectivity index (χ1) is 12.1. The zero-order chi connectivity index (χ0) is 17.4. The Morgan fingerprint density at radius 1 is 0.960 bits per heavy atom. The molecule has 1 spiro atoms. The number of rotatable bonds is 3. The van der Waals surface area contributed by atoms with Crippen LogP contribution in [-0.2, 0) is 0 Å². The van der Waals surface area contributed by atoms with Crippen molar-refractivity contribution in [2.75, 3.05) is 37.9 Å². The van der Waals surface area contributed by atoms with E-state index in [9.17, 15) is 0 Å². The molecule has 0 bridgehead atoms. The summed E-state index contributed by atoms with van der Waals surface area (Å²) in [7, 11) is 3.24. The number of hydrogen-bond donors (Lipinski definition) is 1. The molecule has 1 aromatic heterocycles. The van der Waals surface area contributed by atoms with Gasteiger partial charge in [-0.3, -0.25) is 0 Å². The maximum absolute atomic E-state index is 6.22. The number of anilines is 2. The number of benzene rings is 1. The number of aromatic nitrogens is 2. The highest BCUT2D eigenvalue weighted by atomic mass is 16.5. The molecule has 2 aliphatic rings. The Bertz CT molecular complexity index is 777. The predicted octanol–water partition coefficient (Wildman–Crippen LogP) is 3.39. The predicted molar refractivity (Wildman–Crippen MR) is 99.4 cm³/mol. The van der Waals surface area contributed by atoms with Crippen LogP contribution < -0.4 is 20.1 Å². The maximum Gasteiger partial charge on any atom is 0.227 e. The van der Waals surface area contributed by atoms with Gasteiger partial charge in [-0.15, -0.1) is 0 Å². The van der Waals surface area contributed by atoms with Gasteiger partial charge in [0.05, 0.1) is 19.7 Å². The van der Waals surface area contributed by atoms with E-state index >= 15 is 0 Å². The average molecular weight is 342 g/mol. The van der Waals surface area contributed by atoms with Crippen molar-refractivity contribution < 1.29 is 9.47 Å². The minimum Gasteiger partial charge on any atom is -0.493 e. The molecule has 0 atom stereocenters. The van der Waals surface area contributed by atoms with Gasteiger partial charge in [-0.2, -0.15) is 4.98 Å². The van der Waals surface area contributed by atoms with Gasteiger partial charge in [0.1, 0.15) is 5.82 Å². The molecule has 1 aliphatic heterocycles. The molecular weight excluding hydrogens is 316 g/mol. The summed E-state index contributed by atoms with van der Waals surface area (Å²) in [5.41, 5.74) is 7.59. The molecule has 1 saturated heterocycles. The van der Waals surface area contributed by atoms with Crippen LogP contribution in [0, 0.1) is 5.41 Å². The van der Waals surface area contributed by atoms with E-state index in [-0.39, 0.29) is 0 Å². The van der Waals surface area contributed by atoms with Crippen LogP contribution in [0.4, 0.5) is 11.8 Å². The summed E-state index contributed by atoms with van der Waals surface area (Å²) in [5.74, 6) is 2.51. The zero-order valence-electron chi connectivity index (χ0n) is 15.0.